The first kappa shape index (κ1) is 18.1. The topological polar surface area (TPSA) is 70.1 Å². The van der Waals surface area contributed by atoms with E-state index in [4.69, 9.17) is 16.6 Å². The second kappa shape index (κ2) is 8.13. The number of hydrogen-bond acceptors (Lipinski definition) is 5. The van der Waals surface area contributed by atoms with Crippen molar-refractivity contribution in [3.05, 3.63) is 52.8 Å². The monoisotopic (exact) mass is 360 g/mol. The molecule has 0 spiro atoms. The van der Waals surface area contributed by atoms with Gasteiger partial charge in [-0.15, -0.1) is 0 Å². The Morgan fingerprint density at radius 3 is 2.76 bits per heavy atom. The summed E-state index contributed by atoms with van der Waals surface area (Å²) in [5.41, 5.74) is 1.88. The number of hydrogen-bond donors (Lipinski definition) is 3. The fourth-order valence-electron chi connectivity index (χ4n) is 3.43. The molecule has 1 aromatic heterocycles. The van der Waals surface area contributed by atoms with E-state index >= 15 is 0 Å². The number of anilines is 1. The molecule has 1 aliphatic heterocycles. The predicted molar refractivity (Wildman–Crippen MR) is 101 cm³/mol. The third-order valence-electron chi connectivity index (χ3n) is 4.96. The molecule has 1 saturated heterocycles. The summed E-state index contributed by atoms with van der Waals surface area (Å²) < 4.78 is 0. The van der Waals surface area contributed by atoms with Gasteiger partial charge in [-0.3, -0.25) is 0 Å². The number of aromatic nitrogens is 2. The second-order valence-corrected chi connectivity index (χ2v) is 6.93. The van der Waals surface area contributed by atoms with Crippen molar-refractivity contribution in [2.24, 2.45) is 0 Å². The molecule has 0 radical (unpaired) electrons. The summed E-state index contributed by atoms with van der Waals surface area (Å²) in [4.78, 5) is 9.08. The molecule has 0 amide bonds. The predicted octanol–water partition coefficient (Wildman–Crippen LogP) is 2.98. The van der Waals surface area contributed by atoms with E-state index in [1.807, 2.05) is 31.2 Å². The van der Waals surface area contributed by atoms with Crippen LogP contribution in [0.5, 0.6) is 0 Å². The number of benzene rings is 1. The number of halogens is 1. The van der Waals surface area contributed by atoms with Gasteiger partial charge < -0.3 is 15.7 Å². The van der Waals surface area contributed by atoms with Gasteiger partial charge in [-0.2, -0.15) is 0 Å². The zero-order valence-corrected chi connectivity index (χ0v) is 15.3. The van der Waals surface area contributed by atoms with E-state index in [9.17, 15) is 5.11 Å². The Hall–Kier alpha value is -1.69. The summed E-state index contributed by atoms with van der Waals surface area (Å²) in [5.74, 6) is 0.551. The quantitative estimate of drug-likeness (QED) is 0.738. The lowest BCUT2D eigenvalue weighted by molar-refractivity contribution is 0.183. The van der Waals surface area contributed by atoms with Crippen LogP contribution in [-0.2, 0) is 5.41 Å². The van der Waals surface area contributed by atoms with Crippen molar-refractivity contribution in [1.82, 2.24) is 15.3 Å². The maximum atomic E-state index is 9.76. The van der Waals surface area contributed by atoms with Gasteiger partial charge in [0.25, 0.3) is 0 Å². The average molecular weight is 361 g/mol. The summed E-state index contributed by atoms with van der Waals surface area (Å²) >= 11 is 6.55. The maximum Gasteiger partial charge on any atom is 0.222 e. The largest absolute Gasteiger partial charge is 0.391 e. The Balaban J connectivity index is 1.96. The van der Waals surface area contributed by atoms with Gasteiger partial charge in [-0.05, 0) is 50.0 Å². The van der Waals surface area contributed by atoms with Gasteiger partial charge in [-0.25, -0.2) is 9.97 Å². The molecular weight excluding hydrogens is 336 g/mol. The number of piperidine rings is 1. The standard InChI is InChI=1S/C19H25ClN4O/c1-2-14(25)13-23-18-22-10-7-17(24-18)19(8-11-21-12-9-19)15-5-3-4-6-16(15)20/h3-7,10,14,21,25H,2,8-9,11-13H2,1H3,(H,22,23,24)/t14-/m1/s1. The molecule has 0 unspecified atom stereocenters. The van der Waals surface area contributed by atoms with Crippen LogP contribution in [0.1, 0.15) is 37.4 Å². The molecule has 25 heavy (non-hydrogen) atoms. The fourth-order valence-corrected chi connectivity index (χ4v) is 3.75. The molecule has 6 heteroatoms. The van der Waals surface area contributed by atoms with E-state index < -0.39 is 6.10 Å². The van der Waals surface area contributed by atoms with E-state index in [1.165, 1.54) is 0 Å². The Morgan fingerprint density at radius 1 is 1.28 bits per heavy atom. The van der Waals surface area contributed by atoms with E-state index in [-0.39, 0.29) is 5.41 Å². The van der Waals surface area contributed by atoms with E-state index in [2.05, 4.69) is 21.7 Å². The van der Waals surface area contributed by atoms with Crippen LogP contribution in [0.2, 0.25) is 5.02 Å². The highest BCUT2D eigenvalue weighted by Crippen LogP contribution is 2.42. The van der Waals surface area contributed by atoms with Crippen LogP contribution in [0.25, 0.3) is 0 Å². The lowest BCUT2D eigenvalue weighted by Gasteiger charge is -2.38. The van der Waals surface area contributed by atoms with Crippen LogP contribution in [0.15, 0.2) is 36.5 Å². The van der Waals surface area contributed by atoms with Crippen molar-refractivity contribution >= 4 is 17.5 Å². The van der Waals surface area contributed by atoms with Gasteiger partial charge in [0.2, 0.25) is 5.95 Å². The van der Waals surface area contributed by atoms with Gasteiger partial charge >= 0.3 is 0 Å². The first-order valence-electron chi connectivity index (χ1n) is 8.87. The minimum atomic E-state index is -0.399. The van der Waals surface area contributed by atoms with Gasteiger partial charge in [0, 0.05) is 23.2 Å². The Morgan fingerprint density at radius 2 is 2.04 bits per heavy atom. The minimum absolute atomic E-state index is 0.216. The molecule has 3 N–H and O–H groups in total. The van der Waals surface area contributed by atoms with E-state index in [0.29, 0.717) is 18.9 Å². The van der Waals surface area contributed by atoms with Crippen LogP contribution in [0, 0.1) is 0 Å². The van der Waals surface area contributed by atoms with Gasteiger partial charge in [-0.1, -0.05) is 36.7 Å². The molecule has 5 nitrogen and oxygen atoms in total. The van der Waals surface area contributed by atoms with Crippen LogP contribution in [0.3, 0.4) is 0 Å². The van der Waals surface area contributed by atoms with Crippen LogP contribution in [0.4, 0.5) is 5.95 Å². The van der Waals surface area contributed by atoms with Crippen molar-refractivity contribution in [2.75, 3.05) is 25.0 Å². The third-order valence-corrected chi connectivity index (χ3v) is 5.29. The highest BCUT2D eigenvalue weighted by molar-refractivity contribution is 6.31. The molecule has 134 valence electrons. The van der Waals surface area contributed by atoms with Gasteiger partial charge in [0.05, 0.1) is 11.8 Å². The highest BCUT2D eigenvalue weighted by atomic mass is 35.5. The first-order chi connectivity index (χ1) is 12.2. The molecule has 1 aliphatic rings. The summed E-state index contributed by atoms with van der Waals surface area (Å²) in [6.45, 7) is 4.24. The van der Waals surface area contributed by atoms with Crippen molar-refractivity contribution in [3.8, 4) is 0 Å². The lowest BCUT2D eigenvalue weighted by atomic mass is 9.70. The molecule has 2 heterocycles. The minimum Gasteiger partial charge on any atom is -0.391 e. The Kier molecular flexibility index (Phi) is 5.89. The van der Waals surface area contributed by atoms with Crippen molar-refractivity contribution in [3.63, 3.8) is 0 Å². The Labute approximate surface area is 153 Å². The number of nitrogens with one attached hydrogen (secondary N) is 2. The summed E-state index contributed by atoms with van der Waals surface area (Å²) in [7, 11) is 0. The Bertz CT molecular complexity index is 703. The molecule has 0 saturated carbocycles. The molecule has 3 rings (SSSR count). The highest BCUT2D eigenvalue weighted by Gasteiger charge is 2.38. The summed E-state index contributed by atoms with van der Waals surface area (Å²) in [6.07, 6.45) is 3.95. The number of aliphatic hydroxyl groups excluding tert-OH is 1. The zero-order chi connectivity index (χ0) is 17.7. The lowest BCUT2D eigenvalue weighted by Crippen LogP contribution is -2.41. The smallest absolute Gasteiger partial charge is 0.222 e. The van der Waals surface area contributed by atoms with Gasteiger partial charge in [0.1, 0.15) is 0 Å². The molecular formula is C19H25ClN4O. The first-order valence-corrected chi connectivity index (χ1v) is 9.24. The zero-order valence-electron chi connectivity index (χ0n) is 14.5. The SMILES string of the molecule is CC[C@@H](O)CNc1nccc(C2(c3ccccc3Cl)CCNCC2)n1. The van der Waals surface area contributed by atoms with E-state index in [0.717, 1.165) is 42.2 Å². The van der Waals surface area contributed by atoms with Crippen LogP contribution < -0.4 is 10.6 Å². The number of rotatable bonds is 6. The normalized spacial score (nSPS) is 17.9. The second-order valence-electron chi connectivity index (χ2n) is 6.52. The summed E-state index contributed by atoms with van der Waals surface area (Å²) in [6, 6.07) is 10.0. The molecule has 0 aliphatic carbocycles. The third kappa shape index (κ3) is 3.94. The molecule has 0 bridgehead atoms. The average Bonchev–Trinajstić information content (AvgIpc) is 2.67. The van der Waals surface area contributed by atoms with Crippen LogP contribution in [-0.4, -0.2) is 40.8 Å². The van der Waals surface area contributed by atoms with Gasteiger partial charge in [0.15, 0.2) is 0 Å². The molecule has 1 fully saturated rings. The van der Waals surface area contributed by atoms with Crippen molar-refractivity contribution in [1.29, 1.82) is 0 Å². The van der Waals surface area contributed by atoms with Crippen molar-refractivity contribution < 1.29 is 5.11 Å². The van der Waals surface area contributed by atoms with Crippen molar-refractivity contribution in [2.45, 2.75) is 37.7 Å². The fraction of sp³-hybridized carbons (Fsp3) is 0.474. The molecule has 2 aromatic rings. The number of aliphatic hydroxyl groups is 1. The van der Waals surface area contributed by atoms with E-state index in [1.54, 1.807) is 6.20 Å². The van der Waals surface area contributed by atoms with Crippen LogP contribution >= 0.6 is 11.6 Å². The maximum absolute atomic E-state index is 9.76. The summed E-state index contributed by atoms with van der Waals surface area (Å²) in [5, 5.41) is 17.1. The molecule has 1 atom stereocenters. The number of nitrogens with zero attached hydrogens (tertiary/aromatic N) is 2. The molecule has 1 aromatic carbocycles.